The quantitative estimate of drug-likeness (QED) is 0.418. The fourth-order valence-corrected chi connectivity index (χ4v) is 4.99. The van der Waals surface area contributed by atoms with Crippen LogP contribution in [0.25, 0.3) is 41.7 Å². The van der Waals surface area contributed by atoms with Gasteiger partial charge in [0.2, 0.25) is 10.9 Å². The predicted molar refractivity (Wildman–Crippen MR) is 111 cm³/mol. The molecule has 0 aliphatic heterocycles. The maximum Gasteiger partial charge on any atom is 0.204 e. The Morgan fingerprint density at radius 1 is 0.556 bits per heavy atom. The third-order valence-corrected chi connectivity index (χ3v) is 6.29. The maximum atomic E-state index is 13.2. The Balaban J connectivity index is 2.21. The van der Waals surface area contributed by atoms with Crippen molar-refractivity contribution in [1.82, 2.24) is 0 Å². The first-order valence-electron chi connectivity index (χ1n) is 8.45. The van der Waals surface area contributed by atoms with Crippen LogP contribution in [0.3, 0.4) is 0 Å². The molecule has 0 fully saturated rings. The molecular formula is C22H12O4S. The number of rotatable bonds is 0. The molecule has 0 bridgehead atoms. The first-order chi connectivity index (χ1) is 12.9. The third-order valence-electron chi connectivity index (χ3n) is 5.10. The fourth-order valence-electron chi connectivity index (χ4n) is 3.79. The molecule has 0 radical (unpaired) electrons. The van der Waals surface area contributed by atoms with Crippen LogP contribution in [0, 0.1) is 13.8 Å². The van der Waals surface area contributed by atoms with Gasteiger partial charge in [0, 0.05) is 21.5 Å². The summed E-state index contributed by atoms with van der Waals surface area (Å²) in [5.41, 5.74) is 0.368. The molecule has 4 nitrogen and oxygen atoms in total. The van der Waals surface area contributed by atoms with Crippen molar-refractivity contribution < 1.29 is 0 Å². The molecule has 0 saturated carbocycles. The lowest BCUT2D eigenvalue weighted by Gasteiger charge is -2.00. The summed E-state index contributed by atoms with van der Waals surface area (Å²) in [5.74, 6) is 0. The summed E-state index contributed by atoms with van der Waals surface area (Å²) in [4.78, 5) is 52.2. The van der Waals surface area contributed by atoms with Crippen LogP contribution in [0.15, 0.2) is 55.6 Å². The van der Waals surface area contributed by atoms with E-state index >= 15 is 0 Å². The molecule has 0 aliphatic carbocycles. The molecule has 4 aromatic carbocycles. The summed E-state index contributed by atoms with van der Waals surface area (Å²) >= 11 is 0.956. The van der Waals surface area contributed by atoms with Gasteiger partial charge >= 0.3 is 0 Å². The van der Waals surface area contributed by atoms with Gasteiger partial charge in [-0.15, -0.1) is 11.3 Å². The number of hydrogen-bond donors (Lipinski definition) is 0. The second kappa shape index (κ2) is 5.18. The van der Waals surface area contributed by atoms with Crippen LogP contribution >= 0.6 is 11.3 Å². The highest BCUT2D eigenvalue weighted by Crippen LogP contribution is 2.29. The van der Waals surface area contributed by atoms with Crippen molar-refractivity contribution in [2.75, 3.05) is 0 Å². The van der Waals surface area contributed by atoms with E-state index in [4.69, 9.17) is 0 Å². The topological polar surface area (TPSA) is 68.3 Å². The third kappa shape index (κ3) is 1.97. The van der Waals surface area contributed by atoms with Crippen molar-refractivity contribution in [3.8, 4) is 0 Å². The lowest BCUT2D eigenvalue weighted by molar-refractivity contribution is 1.50. The molecule has 5 aromatic rings. The van der Waals surface area contributed by atoms with Crippen LogP contribution in [0.5, 0.6) is 0 Å². The number of benzene rings is 4. The first-order valence-corrected chi connectivity index (χ1v) is 9.27. The average molecular weight is 372 g/mol. The van der Waals surface area contributed by atoms with Crippen molar-refractivity contribution in [2.45, 2.75) is 13.8 Å². The van der Waals surface area contributed by atoms with Gasteiger partial charge in [0.1, 0.15) is 0 Å². The molecule has 130 valence electrons. The highest BCUT2D eigenvalue weighted by molar-refractivity contribution is 7.25. The minimum absolute atomic E-state index is 0.0867. The monoisotopic (exact) mass is 372 g/mol. The largest absolute Gasteiger partial charge is 0.289 e. The lowest BCUT2D eigenvalue weighted by atomic mass is 10.00. The van der Waals surface area contributed by atoms with E-state index in [9.17, 15) is 19.2 Å². The van der Waals surface area contributed by atoms with Gasteiger partial charge in [-0.25, -0.2) is 0 Å². The van der Waals surface area contributed by atoms with Gasteiger partial charge in [-0.3, -0.25) is 19.2 Å². The molecule has 0 aliphatic rings. The van der Waals surface area contributed by atoms with Gasteiger partial charge in [0.15, 0.2) is 10.9 Å². The number of aryl methyl sites for hydroxylation is 2. The van der Waals surface area contributed by atoms with E-state index in [0.717, 1.165) is 22.5 Å². The molecule has 0 saturated heterocycles. The Kier molecular flexibility index (Phi) is 3.07. The Morgan fingerprint density at radius 3 is 1.37 bits per heavy atom. The van der Waals surface area contributed by atoms with Crippen LogP contribution in [0.4, 0.5) is 0 Å². The fraction of sp³-hybridized carbons (Fsp3) is 0.0909. The Morgan fingerprint density at radius 2 is 0.963 bits per heavy atom. The second-order valence-electron chi connectivity index (χ2n) is 6.92. The molecule has 5 heteroatoms. The molecule has 0 N–H and O–H groups in total. The lowest BCUT2D eigenvalue weighted by Crippen LogP contribution is -2.15. The summed E-state index contributed by atoms with van der Waals surface area (Å²) in [6.07, 6.45) is 0. The van der Waals surface area contributed by atoms with Gasteiger partial charge in [-0.2, -0.15) is 0 Å². The Bertz CT molecular complexity index is 1540. The van der Waals surface area contributed by atoms with E-state index in [2.05, 4.69) is 0 Å². The predicted octanol–water partition coefficient (Wildman–Crippen LogP) is 3.29. The molecule has 0 atom stereocenters. The normalized spacial score (nSPS) is 11.9. The van der Waals surface area contributed by atoms with Crippen LogP contribution in [0.2, 0.25) is 0 Å². The van der Waals surface area contributed by atoms with Crippen LogP contribution in [-0.4, -0.2) is 0 Å². The highest BCUT2D eigenvalue weighted by Gasteiger charge is 2.21. The van der Waals surface area contributed by atoms with Crippen molar-refractivity contribution in [3.05, 3.63) is 88.4 Å². The average Bonchev–Trinajstić information content (AvgIpc) is 3.05. The van der Waals surface area contributed by atoms with Crippen LogP contribution < -0.4 is 21.7 Å². The Hall–Kier alpha value is -3.18. The van der Waals surface area contributed by atoms with E-state index in [1.165, 1.54) is 0 Å². The second-order valence-corrected chi connectivity index (χ2v) is 7.95. The van der Waals surface area contributed by atoms with E-state index in [1.807, 2.05) is 13.8 Å². The van der Waals surface area contributed by atoms with Gasteiger partial charge < -0.3 is 0 Å². The zero-order valence-electron chi connectivity index (χ0n) is 14.5. The molecular weight excluding hydrogens is 360 g/mol. The molecule has 0 amide bonds. The molecule has 0 spiro atoms. The summed E-state index contributed by atoms with van der Waals surface area (Å²) in [7, 11) is 0. The standard InChI is InChI=1S/C22H12O4S/c1-9-3-5-11-13(7-9)17(23)15-16-18(24)14-8-10(2)4-6-12(14)20(26)22(16)27-21(15)19(11)25/h3-8H,1-2H3. The zero-order chi connectivity index (χ0) is 19.0. The zero-order valence-corrected chi connectivity index (χ0v) is 15.3. The molecule has 5 rings (SSSR count). The SMILES string of the molecule is Cc1ccc2c(=O)c3sc4c(=O)c5ccc(C)cc5c(=O)c4c3c(=O)c2c1. The van der Waals surface area contributed by atoms with Crippen molar-refractivity contribution >= 4 is 53.1 Å². The number of thiophene rings is 1. The number of fused-ring (bicyclic) bond motifs is 5. The summed E-state index contributed by atoms with van der Waals surface area (Å²) < 4.78 is 0.375. The maximum absolute atomic E-state index is 13.2. The van der Waals surface area contributed by atoms with Gasteiger partial charge in [0.05, 0.1) is 20.2 Å². The Labute approximate surface area is 155 Å². The summed E-state index contributed by atoms with van der Waals surface area (Å²) in [6.45, 7) is 3.68. The van der Waals surface area contributed by atoms with Crippen molar-refractivity contribution in [3.63, 3.8) is 0 Å². The minimum Gasteiger partial charge on any atom is -0.289 e. The van der Waals surface area contributed by atoms with E-state index in [-0.39, 0.29) is 41.9 Å². The summed E-state index contributed by atoms with van der Waals surface area (Å²) in [6, 6.07) is 10.1. The van der Waals surface area contributed by atoms with E-state index < -0.39 is 0 Å². The van der Waals surface area contributed by atoms with Crippen molar-refractivity contribution in [2.24, 2.45) is 0 Å². The smallest absolute Gasteiger partial charge is 0.204 e. The van der Waals surface area contributed by atoms with Gasteiger partial charge in [-0.1, -0.05) is 23.3 Å². The molecule has 27 heavy (non-hydrogen) atoms. The van der Waals surface area contributed by atoms with Crippen molar-refractivity contribution in [1.29, 1.82) is 0 Å². The van der Waals surface area contributed by atoms with Gasteiger partial charge in [-0.05, 0) is 38.1 Å². The summed E-state index contributed by atoms with van der Waals surface area (Å²) in [5, 5.41) is 1.41. The van der Waals surface area contributed by atoms with Gasteiger partial charge in [0.25, 0.3) is 0 Å². The first kappa shape index (κ1) is 16.0. The molecule has 1 heterocycles. The van der Waals surface area contributed by atoms with E-state index in [0.29, 0.717) is 21.5 Å². The molecule has 1 aromatic heterocycles. The number of hydrogen-bond acceptors (Lipinski definition) is 5. The minimum atomic E-state index is -0.363. The van der Waals surface area contributed by atoms with Crippen LogP contribution in [0.1, 0.15) is 11.1 Å². The van der Waals surface area contributed by atoms with Crippen LogP contribution in [-0.2, 0) is 0 Å². The highest BCUT2D eigenvalue weighted by atomic mass is 32.1. The molecule has 0 unspecified atom stereocenters. The van der Waals surface area contributed by atoms with E-state index in [1.54, 1.807) is 36.4 Å².